The van der Waals surface area contributed by atoms with Crippen LogP contribution >= 0.6 is 0 Å². The van der Waals surface area contributed by atoms with Crippen molar-refractivity contribution < 1.29 is 19.8 Å². The first-order chi connectivity index (χ1) is 9.56. The van der Waals surface area contributed by atoms with E-state index in [-0.39, 0.29) is 12.3 Å². The largest absolute Gasteiger partial charge is 0.481 e. The van der Waals surface area contributed by atoms with Gasteiger partial charge in [-0.15, -0.1) is 0 Å². The van der Waals surface area contributed by atoms with Gasteiger partial charge in [0.25, 0.3) is 0 Å². The van der Waals surface area contributed by atoms with Gasteiger partial charge >= 0.3 is 11.9 Å². The van der Waals surface area contributed by atoms with Gasteiger partial charge in [-0.25, -0.2) is 0 Å². The Morgan fingerprint density at radius 2 is 1.85 bits per heavy atom. The molecule has 1 aliphatic rings. The first kappa shape index (κ1) is 14.3. The molecule has 0 spiro atoms. The van der Waals surface area contributed by atoms with Crippen molar-refractivity contribution in [2.45, 2.75) is 32.1 Å². The fourth-order valence-corrected chi connectivity index (χ4v) is 2.46. The molecule has 4 heteroatoms. The molecule has 20 heavy (non-hydrogen) atoms. The zero-order valence-corrected chi connectivity index (χ0v) is 11.2. The summed E-state index contributed by atoms with van der Waals surface area (Å²) in [4.78, 5) is 21.4. The maximum absolute atomic E-state index is 10.9. The third-order valence-corrected chi connectivity index (χ3v) is 3.71. The molecule has 106 valence electrons. The van der Waals surface area contributed by atoms with E-state index in [0.717, 1.165) is 17.5 Å². The van der Waals surface area contributed by atoms with Gasteiger partial charge in [-0.1, -0.05) is 30.3 Å². The van der Waals surface area contributed by atoms with Crippen LogP contribution in [0.5, 0.6) is 0 Å². The van der Waals surface area contributed by atoms with Gasteiger partial charge in [-0.3, -0.25) is 9.59 Å². The minimum Gasteiger partial charge on any atom is -0.481 e. The number of carboxylic acid groups (broad SMARTS) is 2. The molecule has 0 aromatic heterocycles. The van der Waals surface area contributed by atoms with E-state index in [4.69, 9.17) is 10.2 Å². The van der Waals surface area contributed by atoms with E-state index in [0.29, 0.717) is 19.3 Å². The van der Waals surface area contributed by atoms with Crippen LogP contribution in [0.2, 0.25) is 0 Å². The van der Waals surface area contributed by atoms with Crippen LogP contribution in [-0.4, -0.2) is 22.2 Å². The second-order valence-corrected chi connectivity index (χ2v) is 5.13. The number of hydrogen-bond acceptors (Lipinski definition) is 2. The lowest BCUT2D eigenvalue weighted by Gasteiger charge is -2.18. The van der Waals surface area contributed by atoms with Crippen LogP contribution in [0.25, 0.3) is 5.57 Å². The molecule has 0 heterocycles. The van der Waals surface area contributed by atoms with Crippen molar-refractivity contribution in [1.82, 2.24) is 0 Å². The summed E-state index contributed by atoms with van der Waals surface area (Å²) in [6, 6.07) is 7.87. The normalized spacial score (nSPS) is 18.4. The smallest absolute Gasteiger partial charge is 0.306 e. The molecule has 0 fully saturated rings. The minimum absolute atomic E-state index is 0.141. The Labute approximate surface area is 117 Å². The molecular formula is C16H18O4. The number of aryl methyl sites for hydroxylation is 1. The number of allylic oxidation sites excluding steroid dienone is 2. The highest BCUT2D eigenvalue weighted by Crippen LogP contribution is 2.30. The Hall–Kier alpha value is -2.10. The number of carboxylic acids is 2. The summed E-state index contributed by atoms with van der Waals surface area (Å²) in [5, 5.41) is 17.6. The van der Waals surface area contributed by atoms with Crippen LogP contribution in [0.4, 0.5) is 0 Å². The van der Waals surface area contributed by atoms with Crippen molar-refractivity contribution in [3.05, 3.63) is 41.5 Å². The Kier molecular flexibility index (Phi) is 4.56. The molecule has 1 aromatic rings. The zero-order chi connectivity index (χ0) is 14.5. The van der Waals surface area contributed by atoms with Crippen molar-refractivity contribution >= 4 is 17.5 Å². The monoisotopic (exact) mass is 274 g/mol. The van der Waals surface area contributed by atoms with Crippen molar-refractivity contribution in [2.24, 2.45) is 5.92 Å². The van der Waals surface area contributed by atoms with Gasteiger partial charge in [0.15, 0.2) is 0 Å². The molecule has 1 aromatic carbocycles. The average Bonchev–Trinajstić information content (AvgIpc) is 2.46. The van der Waals surface area contributed by atoms with Crippen molar-refractivity contribution in [3.8, 4) is 0 Å². The number of hydrogen-bond donors (Lipinski definition) is 2. The quantitative estimate of drug-likeness (QED) is 0.865. The predicted octanol–water partition coefficient (Wildman–Crippen LogP) is 2.97. The number of carbonyl (C=O) groups is 2. The highest BCUT2D eigenvalue weighted by atomic mass is 16.4. The molecule has 2 N–H and O–H groups in total. The summed E-state index contributed by atoms with van der Waals surface area (Å²) in [5.74, 6) is -1.76. The highest BCUT2D eigenvalue weighted by Gasteiger charge is 2.21. The van der Waals surface area contributed by atoms with Gasteiger partial charge in [0, 0.05) is 6.42 Å². The van der Waals surface area contributed by atoms with E-state index >= 15 is 0 Å². The SMILES string of the molecule is O=C(O)CCc1ccc(C2=CCC(C(=O)O)CC2)cc1. The Bertz CT molecular complexity index is 528. The summed E-state index contributed by atoms with van der Waals surface area (Å²) in [6.07, 6.45) is 4.74. The van der Waals surface area contributed by atoms with Crippen LogP contribution in [-0.2, 0) is 16.0 Å². The molecule has 0 aliphatic heterocycles. The topological polar surface area (TPSA) is 74.6 Å². The molecule has 1 atom stereocenters. The van der Waals surface area contributed by atoms with Gasteiger partial charge in [0.05, 0.1) is 5.92 Å². The van der Waals surface area contributed by atoms with Crippen LogP contribution in [0.15, 0.2) is 30.3 Å². The van der Waals surface area contributed by atoms with Gasteiger partial charge in [0.1, 0.15) is 0 Å². The summed E-state index contributed by atoms with van der Waals surface area (Å²) >= 11 is 0. The third-order valence-electron chi connectivity index (χ3n) is 3.71. The van der Waals surface area contributed by atoms with E-state index in [1.165, 1.54) is 5.57 Å². The molecule has 0 amide bonds. The van der Waals surface area contributed by atoms with Crippen LogP contribution in [0.1, 0.15) is 36.8 Å². The Morgan fingerprint density at radius 3 is 2.35 bits per heavy atom. The lowest BCUT2D eigenvalue weighted by Crippen LogP contribution is -2.15. The van der Waals surface area contributed by atoms with Crippen molar-refractivity contribution in [1.29, 1.82) is 0 Å². The van der Waals surface area contributed by atoms with Crippen LogP contribution < -0.4 is 0 Å². The molecule has 4 nitrogen and oxygen atoms in total. The van der Waals surface area contributed by atoms with Crippen LogP contribution in [0, 0.1) is 5.92 Å². The van der Waals surface area contributed by atoms with Crippen LogP contribution in [0.3, 0.4) is 0 Å². The first-order valence-electron chi connectivity index (χ1n) is 6.79. The molecule has 0 bridgehead atoms. The van der Waals surface area contributed by atoms with E-state index < -0.39 is 11.9 Å². The lowest BCUT2D eigenvalue weighted by molar-refractivity contribution is -0.142. The molecule has 1 aliphatic carbocycles. The number of aliphatic carboxylic acids is 2. The van der Waals surface area contributed by atoms with E-state index in [9.17, 15) is 9.59 Å². The van der Waals surface area contributed by atoms with Gasteiger partial charge in [-0.2, -0.15) is 0 Å². The predicted molar refractivity (Wildman–Crippen MR) is 75.4 cm³/mol. The molecule has 2 rings (SSSR count). The Balaban J connectivity index is 2.00. The average molecular weight is 274 g/mol. The third kappa shape index (κ3) is 3.70. The fourth-order valence-electron chi connectivity index (χ4n) is 2.46. The minimum atomic E-state index is -0.788. The summed E-state index contributed by atoms with van der Waals surface area (Å²) in [5.41, 5.74) is 3.30. The maximum Gasteiger partial charge on any atom is 0.306 e. The lowest BCUT2D eigenvalue weighted by atomic mass is 9.86. The molecule has 1 unspecified atom stereocenters. The van der Waals surface area contributed by atoms with Gasteiger partial charge in [0.2, 0.25) is 0 Å². The fraction of sp³-hybridized carbons (Fsp3) is 0.375. The maximum atomic E-state index is 10.9. The second-order valence-electron chi connectivity index (χ2n) is 5.13. The second kappa shape index (κ2) is 6.37. The molecule has 0 saturated carbocycles. The summed E-state index contributed by atoms with van der Waals surface area (Å²) in [6.45, 7) is 0. The number of rotatable bonds is 5. The van der Waals surface area contributed by atoms with E-state index in [1.807, 2.05) is 30.3 Å². The molecule has 0 radical (unpaired) electrons. The van der Waals surface area contributed by atoms with E-state index in [2.05, 4.69) is 0 Å². The Morgan fingerprint density at radius 1 is 1.15 bits per heavy atom. The molecule has 0 saturated heterocycles. The summed E-state index contributed by atoms with van der Waals surface area (Å²) < 4.78 is 0. The number of benzene rings is 1. The van der Waals surface area contributed by atoms with Crippen molar-refractivity contribution in [2.75, 3.05) is 0 Å². The first-order valence-corrected chi connectivity index (χ1v) is 6.79. The highest BCUT2D eigenvalue weighted by molar-refractivity contribution is 5.74. The molecular weight excluding hydrogens is 256 g/mol. The summed E-state index contributed by atoms with van der Waals surface area (Å²) in [7, 11) is 0. The zero-order valence-electron chi connectivity index (χ0n) is 11.2. The van der Waals surface area contributed by atoms with E-state index in [1.54, 1.807) is 0 Å². The van der Waals surface area contributed by atoms with Crippen molar-refractivity contribution in [3.63, 3.8) is 0 Å². The van der Waals surface area contributed by atoms with Gasteiger partial charge < -0.3 is 10.2 Å². The standard InChI is InChI=1S/C16H18O4/c17-15(18)10-3-11-1-4-12(5-2-11)13-6-8-14(9-7-13)16(19)20/h1-2,4-6,14H,3,7-10H2,(H,17,18)(H,19,20). The van der Waals surface area contributed by atoms with Gasteiger partial charge in [-0.05, 0) is 42.4 Å².